The van der Waals surface area contributed by atoms with Crippen molar-refractivity contribution in [1.29, 1.82) is 0 Å². The third kappa shape index (κ3) is 2.98. The number of benzene rings is 1. The fraction of sp³-hybridized carbons (Fsp3) is 0.556. The molecule has 0 radical (unpaired) electrons. The number of fused-ring (bicyclic) bond motifs is 1. The van der Waals surface area contributed by atoms with Crippen LogP contribution in [-0.4, -0.2) is 38.1 Å². The molecule has 1 saturated heterocycles. The van der Waals surface area contributed by atoms with Crippen LogP contribution < -0.4 is 0 Å². The average Bonchev–Trinajstić information content (AvgIpc) is 2.85. The minimum atomic E-state index is -0.157. The molecule has 124 valence electrons. The van der Waals surface area contributed by atoms with Gasteiger partial charge in [-0.25, -0.2) is 4.98 Å². The van der Waals surface area contributed by atoms with Crippen molar-refractivity contribution in [2.24, 2.45) is 0 Å². The quantitative estimate of drug-likeness (QED) is 0.947. The van der Waals surface area contributed by atoms with Gasteiger partial charge in [-0.2, -0.15) is 0 Å². The second-order valence-corrected chi connectivity index (χ2v) is 6.63. The molecule has 3 rings (SSSR count). The van der Waals surface area contributed by atoms with Gasteiger partial charge in [0.2, 0.25) is 5.91 Å². The summed E-state index contributed by atoms with van der Waals surface area (Å²) >= 11 is 0. The molecule has 5 nitrogen and oxygen atoms in total. The third-order valence-corrected chi connectivity index (χ3v) is 5.00. The number of nitrogens with zero attached hydrogens (tertiary/aromatic N) is 3. The summed E-state index contributed by atoms with van der Waals surface area (Å²) in [7, 11) is 0. The maximum atomic E-state index is 12.7. The van der Waals surface area contributed by atoms with Crippen molar-refractivity contribution in [2.75, 3.05) is 6.54 Å². The number of likely N-dealkylation sites (tertiary alicyclic amines) is 1. The molecule has 1 unspecified atom stereocenters. The second kappa shape index (κ2) is 6.32. The Morgan fingerprint density at radius 1 is 1.30 bits per heavy atom. The van der Waals surface area contributed by atoms with E-state index in [1.54, 1.807) is 0 Å². The number of piperidine rings is 1. The molecule has 1 aromatic carbocycles. The Balaban J connectivity index is 1.95. The first-order valence-corrected chi connectivity index (χ1v) is 8.38. The number of aliphatic hydroxyl groups is 1. The maximum Gasteiger partial charge on any atom is 0.242 e. The van der Waals surface area contributed by atoms with Crippen LogP contribution in [0.3, 0.4) is 0 Å². The smallest absolute Gasteiger partial charge is 0.242 e. The molecule has 1 aliphatic heterocycles. The van der Waals surface area contributed by atoms with E-state index in [1.807, 2.05) is 22.5 Å². The summed E-state index contributed by atoms with van der Waals surface area (Å²) in [5.74, 6) is 0.674. The third-order valence-electron chi connectivity index (χ3n) is 5.00. The van der Waals surface area contributed by atoms with Gasteiger partial charge in [-0.1, -0.05) is 0 Å². The summed E-state index contributed by atoms with van der Waals surface area (Å²) < 4.78 is 1.87. The normalized spacial score (nSPS) is 18.6. The monoisotopic (exact) mass is 315 g/mol. The van der Waals surface area contributed by atoms with Crippen LogP contribution in [0.15, 0.2) is 12.1 Å². The topological polar surface area (TPSA) is 58.4 Å². The number of aliphatic hydroxyl groups excluding tert-OH is 1. The number of rotatable bonds is 3. The zero-order valence-electron chi connectivity index (χ0n) is 14.2. The zero-order chi connectivity index (χ0) is 16.6. The van der Waals surface area contributed by atoms with Gasteiger partial charge in [0.1, 0.15) is 19.0 Å². The Morgan fingerprint density at radius 3 is 2.74 bits per heavy atom. The predicted molar refractivity (Wildman–Crippen MR) is 90.2 cm³/mol. The molecule has 1 N–H and O–H groups in total. The van der Waals surface area contributed by atoms with Crippen molar-refractivity contribution in [1.82, 2.24) is 14.5 Å². The minimum Gasteiger partial charge on any atom is -0.388 e. The number of hydrogen-bond acceptors (Lipinski definition) is 3. The van der Waals surface area contributed by atoms with Gasteiger partial charge in [-0.15, -0.1) is 0 Å². The zero-order valence-corrected chi connectivity index (χ0v) is 14.2. The predicted octanol–water partition coefficient (Wildman–Crippen LogP) is 2.55. The molecular formula is C18H25N3O2. The highest BCUT2D eigenvalue weighted by atomic mass is 16.3. The highest BCUT2D eigenvalue weighted by Gasteiger charge is 2.24. The van der Waals surface area contributed by atoms with E-state index in [2.05, 4.69) is 24.9 Å². The lowest BCUT2D eigenvalue weighted by atomic mass is 10.0. The molecule has 0 aliphatic carbocycles. The first-order chi connectivity index (χ1) is 11.0. The fourth-order valence-electron chi connectivity index (χ4n) is 3.42. The Kier molecular flexibility index (Phi) is 4.39. The van der Waals surface area contributed by atoms with E-state index in [4.69, 9.17) is 0 Å². The van der Waals surface area contributed by atoms with E-state index < -0.39 is 0 Å². The van der Waals surface area contributed by atoms with Gasteiger partial charge in [0.05, 0.1) is 11.0 Å². The molecule has 1 aromatic heterocycles. The number of carbonyl (C=O) groups excluding carboxylic acids is 1. The van der Waals surface area contributed by atoms with Crippen LogP contribution in [0, 0.1) is 13.8 Å². The summed E-state index contributed by atoms with van der Waals surface area (Å²) in [5, 5.41) is 9.63. The van der Waals surface area contributed by atoms with Crippen molar-refractivity contribution in [3.8, 4) is 0 Å². The standard InChI is InChI=1S/C18H25N3O2/c1-12-8-15-16(9-13(12)2)21(17(11-22)19-15)10-18(23)20-7-5-4-6-14(20)3/h8-9,14,22H,4-7,10-11H2,1-3H3. The van der Waals surface area contributed by atoms with Crippen LogP contribution in [-0.2, 0) is 17.9 Å². The second-order valence-electron chi connectivity index (χ2n) is 6.63. The van der Waals surface area contributed by atoms with Gasteiger partial charge in [-0.05, 0) is 63.3 Å². The highest BCUT2D eigenvalue weighted by molar-refractivity contribution is 5.82. The minimum absolute atomic E-state index is 0.115. The van der Waals surface area contributed by atoms with Gasteiger partial charge in [-0.3, -0.25) is 4.79 Å². The van der Waals surface area contributed by atoms with Crippen molar-refractivity contribution in [2.45, 2.75) is 59.2 Å². The average molecular weight is 315 g/mol. The molecule has 2 aromatic rings. The lowest BCUT2D eigenvalue weighted by Gasteiger charge is -2.33. The lowest BCUT2D eigenvalue weighted by Crippen LogP contribution is -2.43. The van der Waals surface area contributed by atoms with Gasteiger partial charge in [0.25, 0.3) is 0 Å². The number of aryl methyl sites for hydroxylation is 2. The molecule has 2 heterocycles. The summed E-state index contributed by atoms with van der Waals surface area (Å²) in [6.45, 7) is 7.14. The van der Waals surface area contributed by atoms with Crippen molar-refractivity contribution < 1.29 is 9.90 Å². The summed E-state index contributed by atoms with van der Waals surface area (Å²) in [5.41, 5.74) is 4.11. The van der Waals surface area contributed by atoms with Crippen LogP contribution in [0.25, 0.3) is 11.0 Å². The molecule has 23 heavy (non-hydrogen) atoms. The van der Waals surface area contributed by atoms with E-state index >= 15 is 0 Å². The largest absolute Gasteiger partial charge is 0.388 e. The number of imidazole rings is 1. The van der Waals surface area contributed by atoms with Crippen LogP contribution in [0.2, 0.25) is 0 Å². The van der Waals surface area contributed by atoms with Crippen LogP contribution >= 0.6 is 0 Å². The Morgan fingerprint density at radius 2 is 2.04 bits per heavy atom. The molecule has 0 spiro atoms. The molecular weight excluding hydrogens is 290 g/mol. The molecule has 1 atom stereocenters. The highest BCUT2D eigenvalue weighted by Crippen LogP contribution is 2.22. The van der Waals surface area contributed by atoms with Crippen molar-refractivity contribution >= 4 is 16.9 Å². The maximum absolute atomic E-state index is 12.7. The van der Waals surface area contributed by atoms with E-state index in [-0.39, 0.29) is 19.1 Å². The van der Waals surface area contributed by atoms with Crippen molar-refractivity contribution in [3.63, 3.8) is 0 Å². The molecule has 1 fully saturated rings. The van der Waals surface area contributed by atoms with Crippen LogP contribution in [0.5, 0.6) is 0 Å². The molecule has 1 aliphatic rings. The summed E-state index contributed by atoms with van der Waals surface area (Å²) in [6, 6.07) is 4.38. The molecule has 0 bridgehead atoms. The summed E-state index contributed by atoms with van der Waals surface area (Å²) in [6.07, 6.45) is 3.34. The van der Waals surface area contributed by atoms with Crippen molar-refractivity contribution in [3.05, 3.63) is 29.1 Å². The van der Waals surface area contributed by atoms with E-state index in [0.717, 1.165) is 30.4 Å². The Bertz CT molecular complexity index is 735. The number of aromatic nitrogens is 2. The Hall–Kier alpha value is -1.88. The van der Waals surface area contributed by atoms with Gasteiger partial charge in [0.15, 0.2) is 0 Å². The van der Waals surface area contributed by atoms with E-state index in [0.29, 0.717) is 11.9 Å². The first kappa shape index (κ1) is 16.0. The number of hydrogen-bond donors (Lipinski definition) is 1. The van der Waals surface area contributed by atoms with Crippen LogP contribution in [0.1, 0.15) is 43.1 Å². The number of amides is 1. The van der Waals surface area contributed by atoms with Gasteiger partial charge >= 0.3 is 0 Å². The molecule has 0 saturated carbocycles. The van der Waals surface area contributed by atoms with Gasteiger partial charge in [0, 0.05) is 12.6 Å². The van der Waals surface area contributed by atoms with E-state index in [1.165, 1.54) is 17.5 Å². The van der Waals surface area contributed by atoms with Crippen LogP contribution in [0.4, 0.5) is 0 Å². The molecule has 1 amide bonds. The van der Waals surface area contributed by atoms with E-state index in [9.17, 15) is 9.90 Å². The van der Waals surface area contributed by atoms with Gasteiger partial charge < -0.3 is 14.6 Å². The Labute approximate surface area is 136 Å². The first-order valence-electron chi connectivity index (χ1n) is 8.38. The SMILES string of the molecule is Cc1cc2nc(CO)n(CC(=O)N3CCCCC3C)c2cc1C. The molecule has 5 heteroatoms. The lowest BCUT2D eigenvalue weighted by molar-refractivity contribution is -0.135. The summed E-state index contributed by atoms with van der Waals surface area (Å²) in [4.78, 5) is 19.2. The fourth-order valence-corrected chi connectivity index (χ4v) is 3.42. The number of carbonyl (C=O) groups is 1.